The zero-order valence-electron chi connectivity index (χ0n) is 18.6. The number of carbonyl (C=O) groups is 1. The Morgan fingerprint density at radius 3 is 2.76 bits per heavy atom. The third-order valence-electron chi connectivity index (χ3n) is 6.95. The molecule has 5 rings (SSSR count). The molecule has 3 atom stereocenters. The molecule has 33 heavy (non-hydrogen) atoms. The van der Waals surface area contributed by atoms with Crippen molar-refractivity contribution in [3.8, 4) is 11.8 Å². The Kier molecular flexibility index (Phi) is 5.71. The molecule has 168 valence electrons. The van der Waals surface area contributed by atoms with Gasteiger partial charge in [-0.3, -0.25) is 14.4 Å². The van der Waals surface area contributed by atoms with Crippen LogP contribution in [0.1, 0.15) is 46.6 Å². The highest BCUT2D eigenvalue weighted by Crippen LogP contribution is 2.37. The van der Waals surface area contributed by atoms with E-state index in [2.05, 4.69) is 20.6 Å². The van der Waals surface area contributed by atoms with Crippen molar-refractivity contribution in [3.63, 3.8) is 0 Å². The maximum Gasteiger partial charge on any atom is 0.178 e. The molecule has 7 heteroatoms. The van der Waals surface area contributed by atoms with E-state index in [-0.39, 0.29) is 17.9 Å². The summed E-state index contributed by atoms with van der Waals surface area (Å²) in [6.45, 7) is 2.92. The van der Waals surface area contributed by atoms with Crippen LogP contribution < -0.4 is 0 Å². The van der Waals surface area contributed by atoms with Crippen molar-refractivity contribution in [3.05, 3.63) is 77.4 Å². The monoisotopic (exact) mass is 441 g/mol. The standard InChI is InChI=1S/C26H27N5O2/c1-18-23(26(33)17-30-21-9-10-24(30)25(32)15-21)14-22(4-2-12-29-13-3-11-28-29)31(18)20-7-5-19(16-27)6-8-20/h2-8,11,13-14,21,24-25,32H,9-10,12,15,17H2,1H3/b4-2+/t21?,24?,25-/m0/s1. The number of aromatic nitrogens is 3. The molecule has 2 fully saturated rings. The summed E-state index contributed by atoms with van der Waals surface area (Å²) in [5.41, 5.74) is 3.96. The maximum atomic E-state index is 13.4. The molecule has 0 amide bonds. The van der Waals surface area contributed by atoms with Gasteiger partial charge in [0.25, 0.3) is 0 Å². The molecular formula is C26H27N5O2. The average Bonchev–Trinajstić information content (AvgIpc) is 3.59. The Bertz CT molecular complexity index is 1220. The summed E-state index contributed by atoms with van der Waals surface area (Å²) in [7, 11) is 0. The van der Waals surface area contributed by atoms with Crippen LogP contribution in [0.25, 0.3) is 11.8 Å². The van der Waals surface area contributed by atoms with Gasteiger partial charge in [0, 0.05) is 47.1 Å². The molecule has 0 saturated carbocycles. The first-order chi connectivity index (χ1) is 16.0. The summed E-state index contributed by atoms with van der Waals surface area (Å²) < 4.78 is 3.89. The molecule has 0 spiro atoms. The number of carbonyl (C=O) groups excluding carboxylic acids is 1. The van der Waals surface area contributed by atoms with Gasteiger partial charge in [0.2, 0.25) is 0 Å². The van der Waals surface area contributed by atoms with Crippen LogP contribution in [0.3, 0.4) is 0 Å². The fraction of sp³-hybridized carbons (Fsp3) is 0.346. The SMILES string of the molecule is Cc1c(C(=O)CN2C3CCC2[C@@H](O)C3)cc(/C=C/Cn2cccn2)n1-c1ccc(C#N)cc1. The third-order valence-corrected chi connectivity index (χ3v) is 6.95. The quantitative estimate of drug-likeness (QED) is 0.568. The van der Waals surface area contributed by atoms with Crippen molar-refractivity contribution < 1.29 is 9.90 Å². The van der Waals surface area contributed by atoms with Crippen LogP contribution in [-0.2, 0) is 6.54 Å². The Morgan fingerprint density at radius 1 is 1.30 bits per heavy atom. The minimum atomic E-state index is -0.318. The predicted octanol–water partition coefficient (Wildman–Crippen LogP) is 3.35. The molecule has 2 aliphatic heterocycles. The lowest BCUT2D eigenvalue weighted by Gasteiger charge is -2.21. The van der Waals surface area contributed by atoms with E-state index in [4.69, 9.17) is 5.26 Å². The second-order valence-corrected chi connectivity index (χ2v) is 8.89. The van der Waals surface area contributed by atoms with Crippen LogP contribution in [-0.4, -0.2) is 54.9 Å². The lowest BCUT2D eigenvalue weighted by atomic mass is 9.98. The number of rotatable bonds is 7. The summed E-state index contributed by atoms with van der Waals surface area (Å²) in [6, 6.07) is 13.8. The molecule has 7 nitrogen and oxygen atoms in total. The Hall–Kier alpha value is -3.47. The van der Waals surface area contributed by atoms with Gasteiger partial charge in [-0.15, -0.1) is 0 Å². The van der Waals surface area contributed by atoms with Crippen LogP contribution in [0.2, 0.25) is 0 Å². The molecule has 2 aromatic heterocycles. The zero-order chi connectivity index (χ0) is 22.9. The first kappa shape index (κ1) is 21.4. The minimum absolute atomic E-state index is 0.0765. The molecule has 1 N–H and O–H groups in total. The fourth-order valence-corrected chi connectivity index (χ4v) is 5.32. The first-order valence-corrected chi connectivity index (χ1v) is 11.4. The Morgan fingerprint density at radius 2 is 2.12 bits per heavy atom. The summed E-state index contributed by atoms with van der Waals surface area (Å²) in [5, 5.41) is 23.6. The topological polar surface area (TPSA) is 87.1 Å². The number of fused-ring (bicyclic) bond motifs is 2. The molecule has 2 unspecified atom stereocenters. The van der Waals surface area contributed by atoms with E-state index in [1.807, 2.05) is 54.2 Å². The Balaban J connectivity index is 1.46. The highest BCUT2D eigenvalue weighted by molar-refractivity contribution is 5.99. The fourth-order valence-electron chi connectivity index (χ4n) is 5.32. The maximum absolute atomic E-state index is 13.4. The molecule has 1 aromatic carbocycles. The third kappa shape index (κ3) is 4.04. The predicted molar refractivity (Wildman–Crippen MR) is 125 cm³/mol. The van der Waals surface area contributed by atoms with E-state index in [1.54, 1.807) is 18.3 Å². The van der Waals surface area contributed by atoms with Gasteiger partial charge in [-0.05, 0) is 68.7 Å². The van der Waals surface area contributed by atoms with Crippen molar-refractivity contribution in [2.75, 3.05) is 6.54 Å². The molecule has 0 aliphatic carbocycles. The van der Waals surface area contributed by atoms with E-state index in [0.717, 1.165) is 36.3 Å². The van der Waals surface area contributed by atoms with Gasteiger partial charge in [0.05, 0.1) is 30.8 Å². The lowest BCUT2D eigenvalue weighted by molar-refractivity contribution is 0.0873. The van der Waals surface area contributed by atoms with Crippen LogP contribution in [0, 0.1) is 18.3 Å². The number of nitrogens with zero attached hydrogens (tertiary/aromatic N) is 5. The lowest BCUT2D eigenvalue weighted by Crippen LogP contribution is -2.36. The van der Waals surface area contributed by atoms with Gasteiger partial charge < -0.3 is 9.67 Å². The number of hydrogen-bond donors (Lipinski definition) is 1. The second kappa shape index (κ2) is 8.81. The molecular weight excluding hydrogens is 414 g/mol. The van der Waals surface area contributed by atoms with E-state index < -0.39 is 0 Å². The van der Waals surface area contributed by atoms with Crippen LogP contribution in [0.5, 0.6) is 0 Å². The molecule has 4 heterocycles. The summed E-state index contributed by atoms with van der Waals surface area (Å²) in [6.07, 6.45) is 10.2. The zero-order valence-corrected chi connectivity index (χ0v) is 18.6. The van der Waals surface area contributed by atoms with E-state index in [1.165, 1.54) is 0 Å². The number of hydrogen-bond acceptors (Lipinski definition) is 5. The van der Waals surface area contributed by atoms with Gasteiger partial charge in [-0.1, -0.05) is 6.08 Å². The number of benzene rings is 1. The molecule has 2 saturated heterocycles. The molecule has 2 aliphatic rings. The summed E-state index contributed by atoms with van der Waals surface area (Å²) >= 11 is 0. The van der Waals surface area contributed by atoms with Crippen LogP contribution in [0.15, 0.2) is 54.9 Å². The van der Waals surface area contributed by atoms with Crippen LogP contribution >= 0.6 is 0 Å². The van der Waals surface area contributed by atoms with Gasteiger partial charge in [0.15, 0.2) is 5.78 Å². The second-order valence-electron chi connectivity index (χ2n) is 8.89. The van der Waals surface area contributed by atoms with Crippen LogP contribution in [0.4, 0.5) is 0 Å². The smallest absolute Gasteiger partial charge is 0.178 e. The highest BCUT2D eigenvalue weighted by Gasteiger charge is 2.46. The van der Waals surface area contributed by atoms with E-state index in [9.17, 15) is 9.90 Å². The summed E-state index contributed by atoms with van der Waals surface area (Å²) in [5.74, 6) is 0.0765. The minimum Gasteiger partial charge on any atom is -0.391 e. The van der Waals surface area contributed by atoms with Gasteiger partial charge in [0.1, 0.15) is 0 Å². The number of nitriles is 1. The molecule has 2 bridgehead atoms. The number of allylic oxidation sites excluding steroid dienone is 1. The van der Waals surface area contributed by atoms with Gasteiger partial charge in [-0.25, -0.2) is 0 Å². The van der Waals surface area contributed by atoms with Gasteiger partial charge in [-0.2, -0.15) is 10.4 Å². The van der Waals surface area contributed by atoms with Crippen molar-refractivity contribution in [1.29, 1.82) is 5.26 Å². The van der Waals surface area contributed by atoms with E-state index >= 15 is 0 Å². The van der Waals surface area contributed by atoms with Crippen molar-refractivity contribution in [2.24, 2.45) is 0 Å². The van der Waals surface area contributed by atoms with Gasteiger partial charge >= 0.3 is 0 Å². The number of aliphatic hydroxyl groups is 1. The Labute approximate surface area is 193 Å². The normalized spacial score (nSPS) is 22.3. The van der Waals surface area contributed by atoms with Crippen molar-refractivity contribution >= 4 is 11.9 Å². The average molecular weight is 442 g/mol. The highest BCUT2D eigenvalue weighted by atomic mass is 16.3. The van der Waals surface area contributed by atoms with Crippen molar-refractivity contribution in [1.82, 2.24) is 19.2 Å². The molecule has 0 radical (unpaired) electrons. The van der Waals surface area contributed by atoms with Crippen molar-refractivity contribution in [2.45, 2.75) is 50.9 Å². The number of ketones is 1. The number of aliphatic hydroxyl groups excluding tert-OH is 1. The largest absolute Gasteiger partial charge is 0.391 e. The number of Topliss-reactive ketones (excluding diaryl/α,β-unsaturated/α-hetero) is 1. The first-order valence-electron chi connectivity index (χ1n) is 11.4. The van der Waals surface area contributed by atoms with E-state index in [0.29, 0.717) is 30.3 Å². The summed E-state index contributed by atoms with van der Waals surface area (Å²) in [4.78, 5) is 15.6. The molecule has 3 aromatic rings.